The van der Waals surface area contributed by atoms with Gasteiger partial charge >= 0.3 is 5.97 Å². The van der Waals surface area contributed by atoms with Crippen LogP contribution in [0.2, 0.25) is 0 Å². The Labute approximate surface area is 116 Å². The van der Waals surface area contributed by atoms with Gasteiger partial charge in [-0.25, -0.2) is 9.78 Å². The second-order valence-electron chi connectivity index (χ2n) is 4.55. The van der Waals surface area contributed by atoms with Gasteiger partial charge in [0.1, 0.15) is 12.3 Å². The maximum absolute atomic E-state index is 11.7. The first-order valence-electron chi connectivity index (χ1n) is 6.46. The topological polar surface area (TPSA) is 101 Å². The number of hydrogen-bond acceptors (Lipinski definition) is 5. The Morgan fingerprint density at radius 2 is 2.15 bits per heavy atom. The number of anilines is 1. The van der Waals surface area contributed by atoms with Gasteiger partial charge in [-0.2, -0.15) is 0 Å². The lowest BCUT2D eigenvalue weighted by molar-refractivity contribution is -0.123. The van der Waals surface area contributed by atoms with Gasteiger partial charge in [-0.15, -0.1) is 0 Å². The summed E-state index contributed by atoms with van der Waals surface area (Å²) in [5, 5.41) is 14.5. The molecule has 0 atom stereocenters. The van der Waals surface area contributed by atoms with Crippen LogP contribution in [0.3, 0.4) is 0 Å². The number of aromatic nitrogens is 1. The summed E-state index contributed by atoms with van der Waals surface area (Å²) >= 11 is 0. The van der Waals surface area contributed by atoms with Crippen LogP contribution in [0.5, 0.6) is 0 Å². The van der Waals surface area contributed by atoms with Crippen LogP contribution >= 0.6 is 0 Å². The molecule has 1 aliphatic rings. The number of aromatic carboxylic acids is 1. The van der Waals surface area contributed by atoms with Crippen molar-refractivity contribution in [1.29, 1.82) is 0 Å². The summed E-state index contributed by atoms with van der Waals surface area (Å²) in [6.07, 6.45) is 3.24. The van der Waals surface area contributed by atoms with Crippen molar-refractivity contribution in [2.24, 2.45) is 0 Å². The van der Waals surface area contributed by atoms with E-state index in [1.807, 2.05) is 0 Å². The minimum Gasteiger partial charge on any atom is -0.477 e. The first-order chi connectivity index (χ1) is 9.65. The number of nitrogens with zero attached hydrogens (tertiary/aromatic N) is 1. The first-order valence-corrected chi connectivity index (χ1v) is 6.46. The fourth-order valence-electron chi connectivity index (χ4n) is 1.95. The van der Waals surface area contributed by atoms with Crippen LogP contribution in [0.15, 0.2) is 18.3 Å². The normalized spacial score (nSPS) is 15.8. The average Bonchev–Trinajstić information content (AvgIpc) is 2.47. The molecule has 7 heteroatoms. The molecule has 1 amide bonds. The number of carboxylic acids is 1. The van der Waals surface area contributed by atoms with E-state index in [4.69, 9.17) is 9.84 Å². The standard InChI is InChI=1S/C13H17N3O4/c17-12(8-20-10-3-5-14-6-4-10)16-9-1-2-11(13(18)19)15-7-9/h1-2,7,10,14H,3-6,8H2,(H,16,17)(H,18,19). The lowest BCUT2D eigenvalue weighted by Crippen LogP contribution is -2.34. The molecule has 1 aromatic heterocycles. The number of carbonyl (C=O) groups excluding carboxylic acids is 1. The van der Waals surface area contributed by atoms with Crippen molar-refractivity contribution in [2.75, 3.05) is 25.0 Å². The van der Waals surface area contributed by atoms with Crippen LogP contribution in [-0.4, -0.2) is 47.8 Å². The van der Waals surface area contributed by atoms with Crippen LogP contribution in [0.4, 0.5) is 5.69 Å². The molecule has 20 heavy (non-hydrogen) atoms. The summed E-state index contributed by atoms with van der Waals surface area (Å²) in [5.74, 6) is -1.37. The third-order valence-electron chi connectivity index (χ3n) is 3.00. The molecule has 1 aromatic rings. The van der Waals surface area contributed by atoms with E-state index in [9.17, 15) is 9.59 Å². The van der Waals surface area contributed by atoms with E-state index in [0.717, 1.165) is 25.9 Å². The van der Waals surface area contributed by atoms with E-state index in [-0.39, 0.29) is 24.3 Å². The van der Waals surface area contributed by atoms with Gasteiger partial charge in [-0.3, -0.25) is 4.79 Å². The monoisotopic (exact) mass is 279 g/mol. The highest BCUT2D eigenvalue weighted by Crippen LogP contribution is 2.09. The maximum Gasteiger partial charge on any atom is 0.354 e. The van der Waals surface area contributed by atoms with Gasteiger partial charge < -0.3 is 20.5 Å². The molecule has 2 heterocycles. The third-order valence-corrected chi connectivity index (χ3v) is 3.00. The van der Waals surface area contributed by atoms with Crippen molar-refractivity contribution in [3.05, 3.63) is 24.0 Å². The van der Waals surface area contributed by atoms with E-state index >= 15 is 0 Å². The van der Waals surface area contributed by atoms with Gasteiger partial charge in [0, 0.05) is 0 Å². The number of nitrogens with one attached hydrogen (secondary N) is 2. The molecule has 1 fully saturated rings. The van der Waals surface area contributed by atoms with Gasteiger partial charge in [-0.1, -0.05) is 0 Å². The zero-order chi connectivity index (χ0) is 14.4. The molecule has 0 spiro atoms. The van der Waals surface area contributed by atoms with E-state index in [2.05, 4.69) is 15.6 Å². The van der Waals surface area contributed by atoms with Gasteiger partial charge in [-0.05, 0) is 38.1 Å². The van der Waals surface area contributed by atoms with Crippen LogP contribution in [0.1, 0.15) is 23.3 Å². The maximum atomic E-state index is 11.7. The zero-order valence-corrected chi connectivity index (χ0v) is 11.0. The summed E-state index contributed by atoms with van der Waals surface area (Å²) < 4.78 is 5.51. The lowest BCUT2D eigenvalue weighted by atomic mass is 10.1. The van der Waals surface area contributed by atoms with Gasteiger partial charge in [0.25, 0.3) is 0 Å². The van der Waals surface area contributed by atoms with Crippen LogP contribution in [0.25, 0.3) is 0 Å². The number of hydrogen-bond donors (Lipinski definition) is 3. The molecule has 1 aliphatic heterocycles. The Kier molecular flexibility index (Phi) is 5.03. The highest BCUT2D eigenvalue weighted by Gasteiger charge is 2.15. The number of ether oxygens (including phenoxy) is 1. The number of rotatable bonds is 5. The molecule has 7 nitrogen and oxygen atoms in total. The Bertz CT molecular complexity index is 469. The van der Waals surface area contributed by atoms with Gasteiger partial charge in [0.05, 0.1) is 18.0 Å². The van der Waals surface area contributed by atoms with Crippen LogP contribution < -0.4 is 10.6 Å². The van der Waals surface area contributed by atoms with Crippen molar-refractivity contribution < 1.29 is 19.4 Å². The molecule has 2 rings (SSSR count). The van der Waals surface area contributed by atoms with Crippen molar-refractivity contribution in [3.8, 4) is 0 Å². The van der Waals surface area contributed by atoms with Crippen molar-refractivity contribution >= 4 is 17.6 Å². The van der Waals surface area contributed by atoms with Gasteiger partial charge in [0.15, 0.2) is 0 Å². The van der Waals surface area contributed by atoms with E-state index in [1.54, 1.807) is 0 Å². The number of carbonyl (C=O) groups is 2. The summed E-state index contributed by atoms with van der Waals surface area (Å²) in [4.78, 5) is 26.0. The van der Waals surface area contributed by atoms with Crippen molar-refractivity contribution in [1.82, 2.24) is 10.3 Å². The summed E-state index contributed by atoms with van der Waals surface area (Å²) in [6, 6.07) is 2.84. The Morgan fingerprint density at radius 1 is 1.40 bits per heavy atom. The number of amides is 1. The molecular weight excluding hydrogens is 262 g/mol. The molecule has 1 saturated heterocycles. The minimum atomic E-state index is -1.10. The largest absolute Gasteiger partial charge is 0.477 e. The summed E-state index contributed by atoms with van der Waals surface area (Å²) in [7, 11) is 0. The highest BCUT2D eigenvalue weighted by atomic mass is 16.5. The molecule has 0 bridgehead atoms. The first kappa shape index (κ1) is 14.4. The highest BCUT2D eigenvalue weighted by molar-refractivity contribution is 5.92. The Balaban J connectivity index is 1.77. The Morgan fingerprint density at radius 3 is 2.75 bits per heavy atom. The SMILES string of the molecule is O=C(COC1CCNCC1)Nc1ccc(C(=O)O)nc1. The molecular formula is C13H17N3O4. The predicted octanol–water partition coefficient (Wildman–Crippen LogP) is 0.487. The molecule has 0 aliphatic carbocycles. The molecule has 3 N–H and O–H groups in total. The quantitative estimate of drug-likeness (QED) is 0.725. The van der Waals surface area contributed by atoms with E-state index in [1.165, 1.54) is 18.3 Å². The summed E-state index contributed by atoms with van der Waals surface area (Å²) in [5.41, 5.74) is 0.392. The van der Waals surface area contributed by atoms with Crippen molar-refractivity contribution in [3.63, 3.8) is 0 Å². The zero-order valence-electron chi connectivity index (χ0n) is 11.0. The molecule has 0 unspecified atom stereocenters. The third kappa shape index (κ3) is 4.29. The lowest BCUT2D eigenvalue weighted by Gasteiger charge is -2.22. The fraction of sp³-hybridized carbons (Fsp3) is 0.462. The smallest absolute Gasteiger partial charge is 0.354 e. The number of carboxylic acid groups (broad SMARTS) is 1. The van der Waals surface area contributed by atoms with Crippen LogP contribution in [0, 0.1) is 0 Å². The molecule has 108 valence electrons. The van der Waals surface area contributed by atoms with E-state index in [0.29, 0.717) is 5.69 Å². The van der Waals surface area contributed by atoms with E-state index < -0.39 is 5.97 Å². The molecule has 0 saturated carbocycles. The number of piperidine rings is 1. The second-order valence-corrected chi connectivity index (χ2v) is 4.55. The average molecular weight is 279 g/mol. The van der Waals surface area contributed by atoms with Crippen LogP contribution in [-0.2, 0) is 9.53 Å². The molecule has 0 radical (unpaired) electrons. The minimum absolute atomic E-state index is 0.00858. The summed E-state index contributed by atoms with van der Waals surface area (Å²) in [6.45, 7) is 1.81. The number of pyridine rings is 1. The predicted molar refractivity (Wildman–Crippen MR) is 71.7 cm³/mol. The molecule has 0 aromatic carbocycles. The Hall–Kier alpha value is -1.99. The van der Waals surface area contributed by atoms with Gasteiger partial charge in [0.2, 0.25) is 5.91 Å². The fourth-order valence-corrected chi connectivity index (χ4v) is 1.95. The van der Waals surface area contributed by atoms with Crippen molar-refractivity contribution in [2.45, 2.75) is 18.9 Å². The second kappa shape index (κ2) is 6.97.